The molecule has 144 valence electrons. The standard InChI is InChI=1S/C19H24N4O3S/c1-11-2-3-13-14(8-11)27-18-16(13)19(26)23(10-21-18)9-15(24)22-6-4-12(5-7-22)17(20)25/h10-12H,2-9H2,1H3,(H2,20,25). The first-order chi connectivity index (χ1) is 12.9. The Kier molecular flexibility index (Phi) is 4.75. The fourth-order valence-corrected chi connectivity index (χ4v) is 5.48. The number of nitrogens with zero attached hydrogens (tertiary/aromatic N) is 3. The molecule has 2 aromatic heterocycles. The zero-order valence-corrected chi connectivity index (χ0v) is 16.3. The maximum atomic E-state index is 13.0. The molecule has 2 N–H and O–H groups in total. The van der Waals surface area contributed by atoms with Gasteiger partial charge in [-0.05, 0) is 43.6 Å². The van der Waals surface area contributed by atoms with Gasteiger partial charge in [0.05, 0.1) is 11.7 Å². The summed E-state index contributed by atoms with van der Waals surface area (Å²) in [7, 11) is 0. The predicted octanol–water partition coefficient (Wildman–Crippen LogP) is 1.31. The molecule has 8 heteroatoms. The smallest absolute Gasteiger partial charge is 0.262 e. The second-order valence-corrected chi connectivity index (χ2v) is 8.85. The van der Waals surface area contributed by atoms with Crippen molar-refractivity contribution in [2.45, 2.75) is 45.6 Å². The third-order valence-electron chi connectivity index (χ3n) is 5.84. The molecule has 1 aliphatic heterocycles. The van der Waals surface area contributed by atoms with Crippen LogP contribution in [0.1, 0.15) is 36.6 Å². The van der Waals surface area contributed by atoms with Gasteiger partial charge in [0, 0.05) is 23.9 Å². The third kappa shape index (κ3) is 3.38. The molecular formula is C19H24N4O3S. The highest BCUT2D eigenvalue weighted by atomic mass is 32.1. The quantitative estimate of drug-likeness (QED) is 0.857. The summed E-state index contributed by atoms with van der Waals surface area (Å²) < 4.78 is 1.43. The van der Waals surface area contributed by atoms with Crippen LogP contribution in [0, 0.1) is 11.8 Å². The topological polar surface area (TPSA) is 98.3 Å². The third-order valence-corrected chi connectivity index (χ3v) is 7.00. The van der Waals surface area contributed by atoms with Crippen LogP contribution in [0.3, 0.4) is 0 Å². The van der Waals surface area contributed by atoms with Gasteiger partial charge in [0.25, 0.3) is 5.56 Å². The largest absolute Gasteiger partial charge is 0.369 e. The van der Waals surface area contributed by atoms with E-state index in [1.54, 1.807) is 16.2 Å². The van der Waals surface area contributed by atoms with Gasteiger partial charge in [0.15, 0.2) is 0 Å². The monoisotopic (exact) mass is 388 g/mol. The zero-order chi connectivity index (χ0) is 19.1. The van der Waals surface area contributed by atoms with Gasteiger partial charge in [-0.2, -0.15) is 0 Å². The van der Waals surface area contributed by atoms with E-state index in [1.807, 2.05) is 0 Å². The first-order valence-electron chi connectivity index (χ1n) is 9.50. The molecule has 2 aromatic rings. The summed E-state index contributed by atoms with van der Waals surface area (Å²) in [6.07, 6.45) is 5.66. The van der Waals surface area contributed by atoms with Gasteiger partial charge in [-0.3, -0.25) is 19.0 Å². The summed E-state index contributed by atoms with van der Waals surface area (Å²) in [6.45, 7) is 3.23. The number of hydrogen-bond acceptors (Lipinski definition) is 5. The first kappa shape index (κ1) is 18.2. The van der Waals surface area contributed by atoms with Crippen LogP contribution in [0.5, 0.6) is 0 Å². The SMILES string of the molecule is CC1CCc2c(sc3ncn(CC(=O)N4CCC(C(N)=O)CC4)c(=O)c23)C1. The number of hydrogen-bond donors (Lipinski definition) is 1. The van der Waals surface area contributed by atoms with Gasteiger partial charge >= 0.3 is 0 Å². The summed E-state index contributed by atoms with van der Waals surface area (Å²) in [6, 6.07) is 0. The summed E-state index contributed by atoms with van der Waals surface area (Å²) >= 11 is 1.61. The van der Waals surface area contributed by atoms with Crippen molar-refractivity contribution in [1.82, 2.24) is 14.5 Å². The van der Waals surface area contributed by atoms with E-state index in [-0.39, 0.29) is 29.8 Å². The molecule has 4 rings (SSSR count). The van der Waals surface area contributed by atoms with E-state index in [0.29, 0.717) is 37.2 Å². The van der Waals surface area contributed by atoms with E-state index in [0.717, 1.165) is 29.7 Å². The van der Waals surface area contributed by atoms with Crippen molar-refractivity contribution in [3.05, 3.63) is 27.1 Å². The maximum absolute atomic E-state index is 13.0. The van der Waals surface area contributed by atoms with Crippen LogP contribution in [0.4, 0.5) is 0 Å². The Labute approximate surface area is 161 Å². The van der Waals surface area contributed by atoms with Crippen molar-refractivity contribution in [3.8, 4) is 0 Å². The lowest BCUT2D eigenvalue weighted by Gasteiger charge is -2.30. The summed E-state index contributed by atoms with van der Waals surface area (Å²) in [5.41, 5.74) is 6.36. The molecule has 2 aliphatic rings. The molecule has 1 atom stereocenters. The number of fused-ring (bicyclic) bond motifs is 3. The fourth-order valence-electron chi connectivity index (χ4n) is 4.14. The molecule has 0 radical (unpaired) electrons. The molecular weight excluding hydrogens is 364 g/mol. The molecule has 1 saturated heterocycles. The van der Waals surface area contributed by atoms with E-state index in [1.165, 1.54) is 15.8 Å². The highest BCUT2D eigenvalue weighted by Crippen LogP contribution is 2.35. The van der Waals surface area contributed by atoms with Crippen molar-refractivity contribution in [3.63, 3.8) is 0 Å². The van der Waals surface area contributed by atoms with Gasteiger partial charge in [0.1, 0.15) is 11.4 Å². The van der Waals surface area contributed by atoms with Gasteiger partial charge in [-0.1, -0.05) is 6.92 Å². The minimum absolute atomic E-state index is 0.00989. The maximum Gasteiger partial charge on any atom is 0.262 e. The lowest BCUT2D eigenvalue weighted by Crippen LogP contribution is -2.43. The molecule has 1 aliphatic carbocycles. The van der Waals surface area contributed by atoms with Crippen LogP contribution in [-0.2, 0) is 29.0 Å². The number of thiophene rings is 1. The second kappa shape index (κ2) is 7.07. The molecule has 2 amide bonds. The Morgan fingerprint density at radius 1 is 1.30 bits per heavy atom. The van der Waals surface area contributed by atoms with Crippen LogP contribution in [-0.4, -0.2) is 39.4 Å². The minimum Gasteiger partial charge on any atom is -0.369 e. The Bertz CT molecular complexity index is 956. The highest BCUT2D eigenvalue weighted by Gasteiger charge is 2.27. The number of carbonyl (C=O) groups excluding carboxylic acids is 2. The number of aryl methyl sites for hydroxylation is 1. The normalized spacial score (nSPS) is 20.6. The number of nitrogens with two attached hydrogens (primary N) is 1. The summed E-state index contributed by atoms with van der Waals surface area (Å²) in [5, 5.41) is 0.699. The summed E-state index contributed by atoms with van der Waals surface area (Å²) in [5.74, 6) is 0.0654. The van der Waals surface area contributed by atoms with Crippen molar-refractivity contribution in [1.29, 1.82) is 0 Å². The number of aromatic nitrogens is 2. The number of likely N-dealkylation sites (tertiary alicyclic amines) is 1. The molecule has 0 aromatic carbocycles. The van der Waals surface area contributed by atoms with Crippen molar-refractivity contribution < 1.29 is 9.59 Å². The van der Waals surface area contributed by atoms with Gasteiger partial charge < -0.3 is 10.6 Å². The molecule has 1 fully saturated rings. The van der Waals surface area contributed by atoms with Crippen molar-refractivity contribution in [2.75, 3.05) is 13.1 Å². The number of piperidine rings is 1. The fraction of sp³-hybridized carbons (Fsp3) is 0.579. The average Bonchev–Trinajstić information content (AvgIpc) is 3.02. The summed E-state index contributed by atoms with van der Waals surface area (Å²) in [4.78, 5) is 45.1. The number of carbonyl (C=O) groups is 2. The van der Waals surface area contributed by atoms with Crippen LogP contribution in [0.2, 0.25) is 0 Å². The minimum atomic E-state index is -0.301. The highest BCUT2D eigenvalue weighted by molar-refractivity contribution is 7.18. The Morgan fingerprint density at radius 3 is 2.74 bits per heavy atom. The van der Waals surface area contributed by atoms with E-state index < -0.39 is 0 Å². The Hall–Kier alpha value is -2.22. The van der Waals surface area contributed by atoms with Gasteiger partial charge in [0.2, 0.25) is 11.8 Å². The predicted molar refractivity (Wildman–Crippen MR) is 104 cm³/mol. The lowest BCUT2D eigenvalue weighted by atomic mass is 9.89. The average molecular weight is 388 g/mol. The Balaban J connectivity index is 1.54. The van der Waals surface area contributed by atoms with Crippen LogP contribution >= 0.6 is 11.3 Å². The first-order valence-corrected chi connectivity index (χ1v) is 10.3. The number of rotatable bonds is 3. The van der Waals surface area contributed by atoms with Crippen LogP contribution in [0.15, 0.2) is 11.1 Å². The Morgan fingerprint density at radius 2 is 2.04 bits per heavy atom. The molecule has 0 bridgehead atoms. The van der Waals surface area contributed by atoms with E-state index >= 15 is 0 Å². The molecule has 0 spiro atoms. The molecule has 3 heterocycles. The van der Waals surface area contributed by atoms with Gasteiger partial charge in [-0.15, -0.1) is 11.3 Å². The molecule has 0 saturated carbocycles. The van der Waals surface area contributed by atoms with Gasteiger partial charge in [-0.25, -0.2) is 4.98 Å². The van der Waals surface area contributed by atoms with E-state index in [4.69, 9.17) is 5.73 Å². The molecule has 27 heavy (non-hydrogen) atoms. The zero-order valence-electron chi connectivity index (χ0n) is 15.4. The van der Waals surface area contributed by atoms with E-state index in [9.17, 15) is 14.4 Å². The number of primary amides is 1. The molecule has 1 unspecified atom stereocenters. The van der Waals surface area contributed by atoms with Crippen LogP contribution < -0.4 is 11.3 Å². The van der Waals surface area contributed by atoms with E-state index in [2.05, 4.69) is 11.9 Å². The van der Waals surface area contributed by atoms with Crippen LogP contribution in [0.25, 0.3) is 10.2 Å². The lowest BCUT2D eigenvalue weighted by molar-refractivity contribution is -0.135. The van der Waals surface area contributed by atoms with Crippen molar-refractivity contribution >= 4 is 33.4 Å². The molecule has 7 nitrogen and oxygen atoms in total. The second-order valence-electron chi connectivity index (χ2n) is 7.77. The number of amides is 2. The van der Waals surface area contributed by atoms with Crippen molar-refractivity contribution in [2.24, 2.45) is 17.6 Å².